The van der Waals surface area contributed by atoms with E-state index in [0.717, 1.165) is 52.9 Å². The number of benzene rings is 2. The van der Waals surface area contributed by atoms with E-state index in [9.17, 15) is 0 Å². The Morgan fingerprint density at radius 2 is 1.81 bits per heavy atom. The number of fused-ring (bicyclic) bond motifs is 1. The van der Waals surface area contributed by atoms with Crippen molar-refractivity contribution < 1.29 is 9.47 Å². The van der Waals surface area contributed by atoms with Crippen molar-refractivity contribution in [3.05, 3.63) is 64.8 Å². The standard InChI is InChI=1S/C21H22ClN3O2/c1-25-14-17(13-23-12-15-3-6-18(22)7-4-15)21(24-25)16-5-8-19-20(11-16)27-10-2-9-26-19/h3-8,11,14,23H,2,9-10,12-13H2,1H3. The minimum atomic E-state index is 0.675. The molecule has 0 amide bonds. The van der Waals surface area contributed by atoms with Crippen molar-refractivity contribution in [1.29, 1.82) is 0 Å². The Kier molecular flexibility index (Phi) is 5.32. The molecule has 0 saturated carbocycles. The number of rotatable bonds is 5. The maximum atomic E-state index is 5.94. The summed E-state index contributed by atoms with van der Waals surface area (Å²) in [7, 11) is 1.94. The van der Waals surface area contributed by atoms with Crippen LogP contribution in [0.25, 0.3) is 11.3 Å². The monoisotopic (exact) mass is 383 g/mol. The minimum Gasteiger partial charge on any atom is -0.490 e. The van der Waals surface area contributed by atoms with Crippen molar-refractivity contribution in [1.82, 2.24) is 15.1 Å². The van der Waals surface area contributed by atoms with E-state index in [1.54, 1.807) is 0 Å². The summed E-state index contributed by atoms with van der Waals surface area (Å²) >= 11 is 5.94. The van der Waals surface area contributed by atoms with E-state index in [1.165, 1.54) is 5.56 Å². The molecule has 2 aromatic carbocycles. The Morgan fingerprint density at radius 3 is 2.63 bits per heavy atom. The molecular formula is C21H22ClN3O2. The first kappa shape index (κ1) is 17.9. The van der Waals surface area contributed by atoms with Gasteiger partial charge in [-0.1, -0.05) is 23.7 Å². The Morgan fingerprint density at radius 1 is 1.04 bits per heavy atom. The van der Waals surface area contributed by atoms with Crippen LogP contribution in [0.3, 0.4) is 0 Å². The second kappa shape index (κ2) is 8.03. The third kappa shape index (κ3) is 4.26. The third-order valence-electron chi connectivity index (χ3n) is 4.48. The first-order valence-corrected chi connectivity index (χ1v) is 9.44. The molecule has 1 aliphatic rings. The van der Waals surface area contributed by atoms with E-state index in [0.29, 0.717) is 13.2 Å². The van der Waals surface area contributed by atoms with Gasteiger partial charge in [0.05, 0.1) is 18.9 Å². The van der Waals surface area contributed by atoms with Gasteiger partial charge in [-0.15, -0.1) is 0 Å². The molecule has 0 saturated heterocycles. The highest BCUT2D eigenvalue weighted by molar-refractivity contribution is 6.30. The number of aryl methyl sites for hydroxylation is 1. The Hall–Kier alpha value is -2.50. The molecule has 6 heteroatoms. The highest BCUT2D eigenvalue weighted by Gasteiger charge is 2.15. The Bertz CT molecular complexity index is 922. The molecule has 5 nitrogen and oxygen atoms in total. The Labute approximate surface area is 163 Å². The molecule has 1 aromatic heterocycles. The summed E-state index contributed by atoms with van der Waals surface area (Å²) in [5, 5.41) is 8.89. The first-order chi connectivity index (χ1) is 13.2. The molecule has 0 aliphatic carbocycles. The molecule has 140 valence electrons. The lowest BCUT2D eigenvalue weighted by Gasteiger charge is -2.10. The van der Waals surface area contributed by atoms with Crippen molar-refractivity contribution in [3.63, 3.8) is 0 Å². The van der Waals surface area contributed by atoms with Crippen LogP contribution in [0.4, 0.5) is 0 Å². The van der Waals surface area contributed by atoms with Crippen LogP contribution >= 0.6 is 11.6 Å². The zero-order chi connectivity index (χ0) is 18.6. The number of ether oxygens (including phenoxy) is 2. The van der Waals surface area contributed by atoms with Gasteiger partial charge < -0.3 is 14.8 Å². The molecule has 0 radical (unpaired) electrons. The molecular weight excluding hydrogens is 362 g/mol. The van der Waals surface area contributed by atoms with Gasteiger partial charge in [-0.25, -0.2) is 0 Å². The lowest BCUT2D eigenvalue weighted by Crippen LogP contribution is -2.12. The second-order valence-corrected chi connectivity index (χ2v) is 7.06. The normalized spacial score (nSPS) is 13.4. The fourth-order valence-corrected chi connectivity index (χ4v) is 3.29. The van der Waals surface area contributed by atoms with E-state index in [4.69, 9.17) is 21.1 Å². The van der Waals surface area contributed by atoms with E-state index >= 15 is 0 Å². The van der Waals surface area contributed by atoms with Crippen LogP contribution in [0, 0.1) is 0 Å². The van der Waals surface area contributed by atoms with E-state index in [1.807, 2.05) is 60.4 Å². The van der Waals surface area contributed by atoms with Crippen molar-refractivity contribution >= 4 is 11.6 Å². The minimum absolute atomic E-state index is 0.675. The smallest absolute Gasteiger partial charge is 0.161 e. The molecule has 0 unspecified atom stereocenters. The molecule has 27 heavy (non-hydrogen) atoms. The number of halogens is 1. The van der Waals surface area contributed by atoms with Gasteiger partial charge in [-0.3, -0.25) is 4.68 Å². The quantitative estimate of drug-likeness (QED) is 0.717. The summed E-state index contributed by atoms with van der Waals surface area (Å²) < 4.78 is 13.4. The molecule has 0 bridgehead atoms. The van der Waals surface area contributed by atoms with Crippen LogP contribution in [0.1, 0.15) is 17.5 Å². The van der Waals surface area contributed by atoms with Crippen LogP contribution in [0.15, 0.2) is 48.7 Å². The molecule has 1 aliphatic heterocycles. The number of nitrogens with zero attached hydrogens (tertiary/aromatic N) is 2. The number of nitrogens with one attached hydrogen (secondary N) is 1. The second-order valence-electron chi connectivity index (χ2n) is 6.62. The van der Waals surface area contributed by atoms with Gasteiger partial charge in [0.2, 0.25) is 0 Å². The van der Waals surface area contributed by atoms with Gasteiger partial charge in [0, 0.05) is 48.9 Å². The lowest BCUT2D eigenvalue weighted by atomic mass is 10.1. The number of aromatic nitrogens is 2. The maximum absolute atomic E-state index is 5.94. The van der Waals surface area contributed by atoms with E-state index < -0.39 is 0 Å². The summed E-state index contributed by atoms with van der Waals surface area (Å²) in [6.45, 7) is 2.86. The topological polar surface area (TPSA) is 48.3 Å². The van der Waals surface area contributed by atoms with Gasteiger partial charge in [-0.2, -0.15) is 5.10 Å². The van der Waals surface area contributed by atoms with E-state index in [2.05, 4.69) is 10.4 Å². The summed E-state index contributed by atoms with van der Waals surface area (Å²) in [6, 6.07) is 13.9. The molecule has 0 atom stereocenters. The van der Waals surface area contributed by atoms with Crippen molar-refractivity contribution in [2.24, 2.45) is 7.05 Å². The van der Waals surface area contributed by atoms with Crippen LogP contribution < -0.4 is 14.8 Å². The van der Waals surface area contributed by atoms with Crippen LogP contribution in [0.5, 0.6) is 11.5 Å². The summed E-state index contributed by atoms with van der Waals surface area (Å²) in [6.07, 6.45) is 2.95. The van der Waals surface area contributed by atoms with Crippen molar-refractivity contribution in [2.75, 3.05) is 13.2 Å². The van der Waals surface area contributed by atoms with Gasteiger partial charge in [0.15, 0.2) is 11.5 Å². The number of hydrogen-bond donors (Lipinski definition) is 1. The summed E-state index contributed by atoms with van der Waals surface area (Å²) in [4.78, 5) is 0. The maximum Gasteiger partial charge on any atom is 0.161 e. The predicted octanol–water partition coefficient (Wildman–Crippen LogP) is 4.19. The summed E-state index contributed by atoms with van der Waals surface area (Å²) in [5.41, 5.74) is 4.32. The lowest BCUT2D eigenvalue weighted by molar-refractivity contribution is 0.297. The first-order valence-electron chi connectivity index (χ1n) is 9.07. The zero-order valence-electron chi connectivity index (χ0n) is 15.2. The highest BCUT2D eigenvalue weighted by Crippen LogP contribution is 2.34. The summed E-state index contributed by atoms with van der Waals surface area (Å²) in [5.74, 6) is 1.59. The van der Waals surface area contributed by atoms with Gasteiger partial charge in [-0.05, 0) is 35.9 Å². The molecule has 4 rings (SSSR count). The van der Waals surface area contributed by atoms with Gasteiger partial charge >= 0.3 is 0 Å². The zero-order valence-corrected chi connectivity index (χ0v) is 16.0. The van der Waals surface area contributed by atoms with E-state index in [-0.39, 0.29) is 0 Å². The fraction of sp³-hybridized carbons (Fsp3) is 0.286. The molecule has 3 aromatic rings. The molecule has 1 N–H and O–H groups in total. The molecule has 0 spiro atoms. The van der Waals surface area contributed by atoms with Crippen LogP contribution in [0.2, 0.25) is 5.02 Å². The third-order valence-corrected chi connectivity index (χ3v) is 4.74. The molecule has 0 fully saturated rings. The Balaban J connectivity index is 1.51. The van der Waals surface area contributed by atoms with Gasteiger partial charge in [0.1, 0.15) is 0 Å². The van der Waals surface area contributed by atoms with Crippen LogP contribution in [-0.4, -0.2) is 23.0 Å². The van der Waals surface area contributed by atoms with Crippen molar-refractivity contribution in [2.45, 2.75) is 19.5 Å². The predicted molar refractivity (Wildman–Crippen MR) is 106 cm³/mol. The molecule has 2 heterocycles. The number of hydrogen-bond acceptors (Lipinski definition) is 4. The largest absolute Gasteiger partial charge is 0.490 e. The SMILES string of the molecule is Cn1cc(CNCc2ccc(Cl)cc2)c(-c2ccc3c(c2)OCCCO3)n1. The average Bonchev–Trinajstić information content (AvgIpc) is 2.89. The fourth-order valence-electron chi connectivity index (χ4n) is 3.16. The van der Waals surface area contributed by atoms with Gasteiger partial charge in [0.25, 0.3) is 0 Å². The highest BCUT2D eigenvalue weighted by atomic mass is 35.5. The average molecular weight is 384 g/mol. The van der Waals surface area contributed by atoms with Crippen LogP contribution in [-0.2, 0) is 20.1 Å². The van der Waals surface area contributed by atoms with Crippen molar-refractivity contribution in [3.8, 4) is 22.8 Å².